The molecular weight excluding hydrogens is 286 g/mol. The van der Waals surface area contributed by atoms with Gasteiger partial charge in [-0.05, 0) is 42.4 Å². The summed E-state index contributed by atoms with van der Waals surface area (Å²) in [6, 6.07) is 9.34. The molecule has 0 unspecified atom stereocenters. The van der Waals surface area contributed by atoms with Gasteiger partial charge >= 0.3 is 5.97 Å². The van der Waals surface area contributed by atoms with Gasteiger partial charge in [-0.15, -0.1) is 0 Å². The summed E-state index contributed by atoms with van der Waals surface area (Å²) >= 11 is 1.94. The van der Waals surface area contributed by atoms with Crippen molar-refractivity contribution in [3.8, 4) is 0 Å². The fraction of sp³-hybridized carbons (Fsp3) is 0.500. The maximum atomic E-state index is 12.6. The van der Waals surface area contributed by atoms with Crippen LogP contribution in [0.15, 0.2) is 30.3 Å². The Bertz CT molecular complexity index is 472. The Kier molecular flexibility index (Phi) is 6.11. The lowest BCUT2D eigenvalue weighted by molar-refractivity contribution is -0.136. The van der Waals surface area contributed by atoms with E-state index in [0.717, 1.165) is 30.0 Å². The van der Waals surface area contributed by atoms with E-state index in [-0.39, 0.29) is 18.9 Å². The normalized spacial score (nSPS) is 15.6. The fourth-order valence-corrected chi connectivity index (χ4v) is 3.72. The van der Waals surface area contributed by atoms with Crippen LogP contribution in [0.5, 0.6) is 0 Å². The van der Waals surface area contributed by atoms with E-state index in [2.05, 4.69) is 0 Å². The van der Waals surface area contributed by atoms with Crippen LogP contribution >= 0.6 is 11.8 Å². The number of nitrogens with zero attached hydrogens (tertiary/aromatic N) is 1. The highest BCUT2D eigenvalue weighted by molar-refractivity contribution is 7.99. The van der Waals surface area contributed by atoms with E-state index in [1.54, 1.807) is 4.90 Å². The number of rotatable bonds is 6. The summed E-state index contributed by atoms with van der Waals surface area (Å²) in [7, 11) is 0. The first-order chi connectivity index (χ1) is 10.2. The molecule has 114 valence electrons. The zero-order valence-electron chi connectivity index (χ0n) is 12.0. The number of anilines is 1. The summed E-state index contributed by atoms with van der Waals surface area (Å²) in [5.74, 6) is 1.85. The predicted molar refractivity (Wildman–Crippen MR) is 85.7 cm³/mol. The van der Waals surface area contributed by atoms with Gasteiger partial charge in [0.05, 0.1) is 6.42 Å². The number of hydrogen-bond acceptors (Lipinski definition) is 3. The van der Waals surface area contributed by atoms with Crippen molar-refractivity contribution >= 4 is 29.3 Å². The number of carboxylic acid groups (broad SMARTS) is 1. The molecule has 1 aromatic rings. The number of carboxylic acids is 1. The third-order valence-electron chi connectivity index (χ3n) is 3.72. The van der Waals surface area contributed by atoms with Crippen LogP contribution in [-0.4, -0.2) is 35.0 Å². The Hall–Kier alpha value is -1.49. The number of para-hydroxylation sites is 1. The molecule has 2 rings (SSSR count). The van der Waals surface area contributed by atoms with Crippen molar-refractivity contribution in [2.24, 2.45) is 5.92 Å². The van der Waals surface area contributed by atoms with Gasteiger partial charge in [0.15, 0.2) is 0 Å². The average molecular weight is 307 g/mol. The zero-order valence-corrected chi connectivity index (χ0v) is 12.8. The lowest BCUT2D eigenvalue weighted by Crippen LogP contribution is -2.34. The standard InChI is InChI=1S/C16H21NO3S/c18-15(12-13-7-10-21-11-8-13)17(9-6-16(19)20)14-4-2-1-3-5-14/h1-5,13H,6-12H2,(H,19,20). The van der Waals surface area contributed by atoms with Gasteiger partial charge in [0.2, 0.25) is 5.91 Å². The van der Waals surface area contributed by atoms with Gasteiger partial charge in [-0.3, -0.25) is 9.59 Å². The van der Waals surface area contributed by atoms with Crippen LogP contribution < -0.4 is 4.90 Å². The van der Waals surface area contributed by atoms with Gasteiger partial charge in [0.25, 0.3) is 0 Å². The van der Waals surface area contributed by atoms with E-state index >= 15 is 0 Å². The smallest absolute Gasteiger partial charge is 0.305 e. The molecule has 1 N–H and O–H groups in total. The first-order valence-electron chi connectivity index (χ1n) is 7.32. The van der Waals surface area contributed by atoms with E-state index in [4.69, 9.17) is 5.11 Å². The second-order valence-corrected chi connectivity index (χ2v) is 6.51. The molecule has 1 aliphatic rings. The van der Waals surface area contributed by atoms with E-state index < -0.39 is 5.97 Å². The minimum atomic E-state index is -0.877. The SMILES string of the molecule is O=C(O)CCN(C(=O)CC1CCSCC1)c1ccccc1. The molecule has 1 heterocycles. The summed E-state index contributed by atoms with van der Waals surface area (Å²) in [5.41, 5.74) is 0.786. The summed E-state index contributed by atoms with van der Waals surface area (Å²) in [4.78, 5) is 25.0. The molecule has 1 amide bonds. The minimum Gasteiger partial charge on any atom is -0.481 e. The lowest BCUT2D eigenvalue weighted by Gasteiger charge is -2.26. The maximum Gasteiger partial charge on any atom is 0.305 e. The molecule has 0 radical (unpaired) electrons. The van der Waals surface area contributed by atoms with Crippen LogP contribution in [-0.2, 0) is 9.59 Å². The number of carbonyl (C=O) groups excluding carboxylic acids is 1. The monoisotopic (exact) mass is 307 g/mol. The Morgan fingerprint density at radius 2 is 1.86 bits per heavy atom. The highest BCUT2D eigenvalue weighted by Crippen LogP contribution is 2.27. The summed E-state index contributed by atoms with van der Waals surface area (Å²) < 4.78 is 0. The Morgan fingerprint density at radius 1 is 1.19 bits per heavy atom. The molecule has 1 fully saturated rings. The van der Waals surface area contributed by atoms with Gasteiger partial charge < -0.3 is 10.0 Å². The molecule has 1 aliphatic heterocycles. The number of aliphatic carboxylic acids is 1. The highest BCUT2D eigenvalue weighted by Gasteiger charge is 2.22. The summed E-state index contributed by atoms with van der Waals surface area (Å²) in [6.45, 7) is 0.236. The lowest BCUT2D eigenvalue weighted by atomic mass is 9.98. The first kappa shape index (κ1) is 15.9. The van der Waals surface area contributed by atoms with Crippen LogP contribution in [0.4, 0.5) is 5.69 Å². The maximum absolute atomic E-state index is 12.6. The molecule has 0 saturated carbocycles. The largest absolute Gasteiger partial charge is 0.481 e. The van der Waals surface area contributed by atoms with E-state index in [1.807, 2.05) is 42.1 Å². The Morgan fingerprint density at radius 3 is 2.48 bits per heavy atom. The quantitative estimate of drug-likeness (QED) is 0.877. The third kappa shape index (κ3) is 5.08. The molecule has 1 aromatic carbocycles. The van der Waals surface area contributed by atoms with Crippen LogP contribution in [0.3, 0.4) is 0 Å². The van der Waals surface area contributed by atoms with E-state index in [9.17, 15) is 9.59 Å². The molecule has 0 bridgehead atoms. The molecule has 4 nitrogen and oxygen atoms in total. The molecule has 0 atom stereocenters. The first-order valence-corrected chi connectivity index (χ1v) is 8.47. The van der Waals surface area contributed by atoms with Crippen molar-refractivity contribution < 1.29 is 14.7 Å². The van der Waals surface area contributed by atoms with Crippen molar-refractivity contribution in [3.05, 3.63) is 30.3 Å². The third-order valence-corrected chi connectivity index (χ3v) is 4.77. The Balaban J connectivity index is 2.02. The van der Waals surface area contributed by atoms with Gasteiger partial charge in [-0.25, -0.2) is 0 Å². The summed E-state index contributed by atoms with van der Waals surface area (Å²) in [6.07, 6.45) is 2.66. The molecule has 21 heavy (non-hydrogen) atoms. The van der Waals surface area contributed by atoms with Crippen molar-refractivity contribution in [2.45, 2.75) is 25.7 Å². The number of hydrogen-bond donors (Lipinski definition) is 1. The highest BCUT2D eigenvalue weighted by atomic mass is 32.2. The van der Waals surface area contributed by atoms with Gasteiger partial charge in [-0.1, -0.05) is 18.2 Å². The van der Waals surface area contributed by atoms with Crippen LogP contribution in [0, 0.1) is 5.92 Å². The number of amides is 1. The molecule has 0 aromatic heterocycles. The van der Waals surface area contributed by atoms with Crippen LogP contribution in [0.1, 0.15) is 25.7 Å². The molecule has 0 aliphatic carbocycles. The predicted octanol–water partition coefficient (Wildman–Crippen LogP) is 3.03. The van der Waals surface area contributed by atoms with Crippen molar-refractivity contribution in [2.75, 3.05) is 23.0 Å². The minimum absolute atomic E-state index is 0.0266. The van der Waals surface area contributed by atoms with Gasteiger partial charge in [0.1, 0.15) is 0 Å². The van der Waals surface area contributed by atoms with Gasteiger partial charge in [-0.2, -0.15) is 11.8 Å². The summed E-state index contributed by atoms with van der Waals surface area (Å²) in [5, 5.41) is 8.87. The fourth-order valence-electron chi connectivity index (χ4n) is 2.52. The van der Waals surface area contributed by atoms with Crippen molar-refractivity contribution in [1.82, 2.24) is 0 Å². The average Bonchev–Trinajstić information content (AvgIpc) is 2.49. The molecule has 1 saturated heterocycles. The Labute approximate surface area is 129 Å². The second-order valence-electron chi connectivity index (χ2n) is 5.28. The van der Waals surface area contributed by atoms with Crippen LogP contribution in [0.2, 0.25) is 0 Å². The van der Waals surface area contributed by atoms with Crippen molar-refractivity contribution in [1.29, 1.82) is 0 Å². The number of thioether (sulfide) groups is 1. The van der Waals surface area contributed by atoms with Crippen molar-refractivity contribution in [3.63, 3.8) is 0 Å². The topological polar surface area (TPSA) is 57.6 Å². The molecule has 0 spiro atoms. The number of benzene rings is 1. The molecular formula is C16H21NO3S. The molecule has 5 heteroatoms. The zero-order chi connectivity index (χ0) is 15.1. The van der Waals surface area contributed by atoms with E-state index in [0.29, 0.717) is 12.3 Å². The van der Waals surface area contributed by atoms with E-state index in [1.165, 1.54) is 0 Å². The number of carbonyl (C=O) groups is 2. The second kappa shape index (κ2) is 8.08. The van der Waals surface area contributed by atoms with Gasteiger partial charge in [0, 0.05) is 18.7 Å². The van der Waals surface area contributed by atoms with Crippen LogP contribution in [0.25, 0.3) is 0 Å².